The van der Waals surface area contributed by atoms with Gasteiger partial charge in [-0.3, -0.25) is 19.8 Å². The number of nitrogens with zero attached hydrogens (tertiary/aromatic N) is 4. The molecule has 0 aliphatic carbocycles. The van der Waals surface area contributed by atoms with Crippen LogP contribution in [0.25, 0.3) is 0 Å². The number of piperidine rings is 1. The maximum atomic E-state index is 12.8. The van der Waals surface area contributed by atoms with E-state index in [0.717, 1.165) is 52.0 Å². The number of rotatable bonds is 5. The molecule has 0 aromatic heterocycles. The number of nitro benzene ring substituents is 1. The number of piperazine rings is 1. The van der Waals surface area contributed by atoms with E-state index in [-0.39, 0.29) is 16.5 Å². The molecule has 2 aliphatic heterocycles. The number of nitro groups is 1. The molecule has 0 spiro atoms. The molecular formula is C20H30N4O3. The predicted molar refractivity (Wildman–Crippen MR) is 106 cm³/mol. The molecule has 2 aliphatic rings. The molecule has 1 aromatic rings. The lowest BCUT2D eigenvalue weighted by molar-refractivity contribution is -0.384. The van der Waals surface area contributed by atoms with Gasteiger partial charge in [0.1, 0.15) is 5.69 Å². The minimum atomic E-state index is -0.357. The van der Waals surface area contributed by atoms with Crippen molar-refractivity contribution in [1.82, 2.24) is 9.80 Å². The minimum absolute atomic E-state index is 0.0413. The Morgan fingerprint density at radius 1 is 1.22 bits per heavy atom. The van der Waals surface area contributed by atoms with Crippen LogP contribution in [0.2, 0.25) is 0 Å². The Morgan fingerprint density at radius 3 is 2.59 bits per heavy atom. The van der Waals surface area contributed by atoms with Gasteiger partial charge in [0.05, 0.1) is 4.92 Å². The summed E-state index contributed by atoms with van der Waals surface area (Å²) >= 11 is 0. The number of hydrogen-bond acceptors (Lipinski definition) is 5. The zero-order valence-corrected chi connectivity index (χ0v) is 16.4. The average molecular weight is 374 g/mol. The van der Waals surface area contributed by atoms with E-state index in [1.807, 2.05) is 4.90 Å². The molecule has 1 atom stereocenters. The van der Waals surface area contributed by atoms with E-state index in [0.29, 0.717) is 30.3 Å². The van der Waals surface area contributed by atoms with Gasteiger partial charge in [-0.1, -0.05) is 13.8 Å². The van der Waals surface area contributed by atoms with Crippen molar-refractivity contribution >= 4 is 17.3 Å². The maximum Gasteiger partial charge on any atom is 0.293 e. The largest absolute Gasteiger partial charge is 0.366 e. The zero-order chi connectivity index (χ0) is 19.4. The molecule has 148 valence electrons. The van der Waals surface area contributed by atoms with E-state index in [2.05, 4.69) is 23.6 Å². The first kappa shape index (κ1) is 19.6. The van der Waals surface area contributed by atoms with Crippen LogP contribution in [0.5, 0.6) is 0 Å². The number of benzene rings is 1. The molecule has 2 fully saturated rings. The average Bonchev–Trinajstić information content (AvgIpc) is 2.68. The lowest BCUT2D eigenvalue weighted by Gasteiger charge is -2.35. The summed E-state index contributed by atoms with van der Waals surface area (Å²) in [7, 11) is 0. The number of carbonyl (C=O) groups is 1. The van der Waals surface area contributed by atoms with Crippen molar-refractivity contribution in [2.45, 2.75) is 33.1 Å². The van der Waals surface area contributed by atoms with Crippen LogP contribution in [0.3, 0.4) is 0 Å². The Balaban J connectivity index is 1.76. The van der Waals surface area contributed by atoms with Gasteiger partial charge >= 0.3 is 0 Å². The van der Waals surface area contributed by atoms with E-state index in [4.69, 9.17) is 0 Å². The molecule has 0 radical (unpaired) electrons. The SMILES string of the molecule is CCCN1CCN(C(=O)c2ccc(N3CCC[C@H](C)C3)c([N+](=O)[O-])c2)CC1. The third-order valence-corrected chi connectivity index (χ3v) is 5.62. The third-order valence-electron chi connectivity index (χ3n) is 5.62. The Hall–Kier alpha value is -2.15. The summed E-state index contributed by atoms with van der Waals surface area (Å²) in [5, 5.41) is 11.7. The predicted octanol–water partition coefficient (Wildman–Crippen LogP) is 3.00. The van der Waals surface area contributed by atoms with Crippen molar-refractivity contribution in [1.29, 1.82) is 0 Å². The van der Waals surface area contributed by atoms with Crippen molar-refractivity contribution in [2.75, 3.05) is 50.7 Å². The Bertz CT molecular complexity index is 686. The van der Waals surface area contributed by atoms with Crippen LogP contribution in [0, 0.1) is 16.0 Å². The van der Waals surface area contributed by atoms with Gasteiger partial charge in [-0.25, -0.2) is 0 Å². The molecule has 2 saturated heterocycles. The Kier molecular flexibility index (Phi) is 6.31. The van der Waals surface area contributed by atoms with Crippen molar-refractivity contribution in [3.05, 3.63) is 33.9 Å². The van der Waals surface area contributed by atoms with Gasteiger partial charge in [0, 0.05) is 50.9 Å². The standard InChI is InChI=1S/C20H30N4O3/c1-3-8-21-10-12-22(13-11-21)20(25)17-6-7-18(19(14-17)24(26)27)23-9-4-5-16(2)15-23/h6-7,14,16H,3-5,8-13,15H2,1-2H3/t16-/m0/s1. The zero-order valence-electron chi connectivity index (χ0n) is 16.4. The summed E-state index contributed by atoms with van der Waals surface area (Å²) < 4.78 is 0. The molecule has 0 unspecified atom stereocenters. The van der Waals surface area contributed by atoms with Crippen LogP contribution in [0.4, 0.5) is 11.4 Å². The number of hydrogen-bond donors (Lipinski definition) is 0. The Morgan fingerprint density at radius 2 is 1.96 bits per heavy atom. The van der Waals surface area contributed by atoms with Crippen LogP contribution in [-0.4, -0.2) is 66.4 Å². The molecule has 0 saturated carbocycles. The highest BCUT2D eigenvalue weighted by molar-refractivity contribution is 5.96. The first-order valence-electron chi connectivity index (χ1n) is 10.0. The quantitative estimate of drug-likeness (QED) is 0.585. The van der Waals surface area contributed by atoms with Crippen molar-refractivity contribution < 1.29 is 9.72 Å². The molecule has 0 N–H and O–H groups in total. The molecule has 7 heteroatoms. The van der Waals surface area contributed by atoms with Gasteiger partial charge < -0.3 is 9.80 Å². The van der Waals surface area contributed by atoms with Gasteiger partial charge in [0.2, 0.25) is 0 Å². The van der Waals surface area contributed by atoms with Gasteiger partial charge in [-0.15, -0.1) is 0 Å². The summed E-state index contributed by atoms with van der Waals surface area (Å²) in [5.41, 5.74) is 1.09. The smallest absolute Gasteiger partial charge is 0.293 e. The van der Waals surface area contributed by atoms with E-state index >= 15 is 0 Å². The molecule has 2 heterocycles. The summed E-state index contributed by atoms with van der Waals surface area (Å²) in [6.45, 7) is 10.1. The van der Waals surface area contributed by atoms with Crippen molar-refractivity contribution in [3.63, 3.8) is 0 Å². The maximum absolute atomic E-state index is 12.8. The number of anilines is 1. The summed E-state index contributed by atoms with van der Waals surface area (Å²) in [6.07, 6.45) is 3.31. The van der Waals surface area contributed by atoms with Crippen LogP contribution in [-0.2, 0) is 0 Å². The van der Waals surface area contributed by atoms with Crippen LogP contribution in [0.1, 0.15) is 43.5 Å². The fourth-order valence-corrected chi connectivity index (χ4v) is 4.15. The first-order valence-corrected chi connectivity index (χ1v) is 10.0. The topological polar surface area (TPSA) is 69.9 Å². The van der Waals surface area contributed by atoms with Gasteiger partial charge in [0.15, 0.2) is 0 Å². The van der Waals surface area contributed by atoms with Gasteiger partial charge in [-0.05, 0) is 43.9 Å². The lowest BCUT2D eigenvalue weighted by Crippen LogP contribution is -2.48. The fraction of sp³-hybridized carbons (Fsp3) is 0.650. The molecule has 3 rings (SSSR count). The third kappa shape index (κ3) is 4.58. The molecule has 1 amide bonds. The fourth-order valence-electron chi connectivity index (χ4n) is 4.15. The molecule has 1 aromatic carbocycles. The van der Waals surface area contributed by atoms with E-state index in [1.54, 1.807) is 12.1 Å². The van der Waals surface area contributed by atoms with Crippen LogP contribution >= 0.6 is 0 Å². The molecule has 27 heavy (non-hydrogen) atoms. The highest BCUT2D eigenvalue weighted by Crippen LogP contribution is 2.32. The number of carbonyl (C=O) groups excluding carboxylic acids is 1. The monoisotopic (exact) mass is 374 g/mol. The second-order valence-electron chi connectivity index (χ2n) is 7.79. The van der Waals surface area contributed by atoms with Crippen LogP contribution < -0.4 is 4.90 Å². The van der Waals surface area contributed by atoms with Gasteiger partial charge in [-0.2, -0.15) is 0 Å². The van der Waals surface area contributed by atoms with Crippen molar-refractivity contribution in [2.24, 2.45) is 5.92 Å². The summed E-state index contributed by atoms with van der Waals surface area (Å²) in [5.74, 6) is 0.423. The summed E-state index contributed by atoms with van der Waals surface area (Å²) in [6, 6.07) is 4.98. The molecule has 7 nitrogen and oxygen atoms in total. The highest BCUT2D eigenvalue weighted by Gasteiger charge is 2.27. The minimum Gasteiger partial charge on any atom is -0.366 e. The van der Waals surface area contributed by atoms with Gasteiger partial charge in [0.25, 0.3) is 11.6 Å². The molecule has 0 bridgehead atoms. The Labute approximate surface area is 161 Å². The second kappa shape index (κ2) is 8.69. The van der Waals surface area contributed by atoms with E-state index in [1.165, 1.54) is 6.07 Å². The second-order valence-corrected chi connectivity index (χ2v) is 7.79. The lowest BCUT2D eigenvalue weighted by atomic mass is 9.99. The highest BCUT2D eigenvalue weighted by atomic mass is 16.6. The molecular weight excluding hydrogens is 344 g/mol. The van der Waals surface area contributed by atoms with Crippen molar-refractivity contribution in [3.8, 4) is 0 Å². The van der Waals surface area contributed by atoms with E-state index in [9.17, 15) is 14.9 Å². The number of amides is 1. The first-order chi connectivity index (χ1) is 13.0. The van der Waals surface area contributed by atoms with Crippen LogP contribution in [0.15, 0.2) is 18.2 Å². The van der Waals surface area contributed by atoms with E-state index < -0.39 is 0 Å². The summed E-state index contributed by atoms with van der Waals surface area (Å²) in [4.78, 5) is 30.4. The normalized spacial score (nSPS) is 21.3.